The third-order valence-corrected chi connectivity index (χ3v) is 5.70. The first-order valence-electron chi connectivity index (χ1n) is 8.78. The zero-order chi connectivity index (χ0) is 18.8. The molecule has 0 saturated carbocycles. The van der Waals surface area contributed by atoms with Crippen LogP contribution in [0.4, 0.5) is 0 Å². The van der Waals surface area contributed by atoms with Crippen molar-refractivity contribution in [2.24, 2.45) is 10.1 Å². The summed E-state index contributed by atoms with van der Waals surface area (Å²) in [7, 11) is 0. The predicted molar refractivity (Wildman–Crippen MR) is 110 cm³/mol. The Morgan fingerprint density at radius 1 is 1.30 bits per heavy atom. The van der Waals surface area contributed by atoms with Gasteiger partial charge in [-0.05, 0) is 36.8 Å². The lowest BCUT2D eigenvalue weighted by atomic mass is 10.1. The summed E-state index contributed by atoms with van der Waals surface area (Å²) in [6.07, 6.45) is 3.43. The molecule has 0 unspecified atom stereocenters. The third kappa shape index (κ3) is 3.64. The number of pyridine rings is 1. The van der Waals surface area contributed by atoms with Gasteiger partial charge in [-0.15, -0.1) is 5.10 Å². The van der Waals surface area contributed by atoms with E-state index < -0.39 is 6.17 Å². The highest BCUT2D eigenvalue weighted by molar-refractivity contribution is 9.10. The Labute approximate surface area is 169 Å². The number of amides is 1. The number of hydrazone groups is 1. The molecule has 0 radical (unpaired) electrons. The molecular formula is C19H18BrN5OS. The topological polar surface area (TPSA) is 70.0 Å². The molecule has 6 nitrogen and oxygen atoms in total. The number of aromatic nitrogens is 1. The molecular weight excluding hydrogens is 426 g/mol. The second kappa shape index (κ2) is 7.82. The second-order valence-corrected chi connectivity index (χ2v) is 8.17. The largest absolute Gasteiger partial charge is 0.298 e. The third-order valence-electron chi connectivity index (χ3n) is 4.26. The molecule has 0 spiro atoms. The highest BCUT2D eigenvalue weighted by atomic mass is 79.9. The molecule has 1 amide bonds. The average molecular weight is 444 g/mol. The molecule has 138 valence electrons. The Hall–Kier alpha value is -2.19. The van der Waals surface area contributed by atoms with Crippen molar-refractivity contribution in [1.82, 2.24) is 15.3 Å². The Morgan fingerprint density at radius 3 is 2.96 bits per heavy atom. The van der Waals surface area contributed by atoms with Crippen molar-refractivity contribution < 1.29 is 4.79 Å². The van der Waals surface area contributed by atoms with Gasteiger partial charge in [0.1, 0.15) is 5.70 Å². The number of amidine groups is 1. The number of fused-ring (bicyclic) bond motifs is 2. The van der Waals surface area contributed by atoms with Gasteiger partial charge < -0.3 is 0 Å². The van der Waals surface area contributed by atoms with Gasteiger partial charge in [0.2, 0.25) is 0 Å². The number of hydrogen-bond donors (Lipinski definition) is 1. The predicted octanol–water partition coefficient (Wildman–Crippen LogP) is 2.52. The number of rotatable bonds is 4. The summed E-state index contributed by atoms with van der Waals surface area (Å²) in [5.74, 6) is 0.742. The van der Waals surface area contributed by atoms with Crippen molar-refractivity contribution in [2.75, 3.05) is 5.75 Å². The van der Waals surface area contributed by atoms with Gasteiger partial charge in [-0.3, -0.25) is 20.1 Å². The van der Waals surface area contributed by atoms with E-state index in [1.807, 2.05) is 36.4 Å². The van der Waals surface area contributed by atoms with E-state index in [2.05, 4.69) is 33.2 Å². The van der Waals surface area contributed by atoms with Crippen molar-refractivity contribution in [1.29, 1.82) is 0 Å². The van der Waals surface area contributed by atoms with Crippen LogP contribution in [-0.2, 0) is 4.79 Å². The first kappa shape index (κ1) is 18.2. The Bertz CT molecular complexity index is 1020. The standard InChI is InChI=1S/C19H18BrN5OS/c1-2-3-10-27-19-23-18(26)16-13-11-12(20)7-8-14(13)22-17(25(16)24-19)15-6-4-5-9-21-15/h4-9,11,17H,2-3,10H2,1H3,(H,23,24,26)/t17-/m0/s1. The molecule has 2 aromatic rings. The lowest BCUT2D eigenvalue weighted by Crippen LogP contribution is -2.50. The Balaban J connectivity index is 1.86. The lowest BCUT2D eigenvalue weighted by molar-refractivity contribution is -0.116. The molecule has 1 atom stereocenters. The van der Waals surface area contributed by atoms with E-state index in [1.165, 1.54) is 0 Å². The molecule has 1 aromatic heterocycles. The number of carbonyl (C=O) groups is 1. The first-order chi connectivity index (χ1) is 13.2. The summed E-state index contributed by atoms with van der Waals surface area (Å²) in [5.41, 5.74) is 1.25. The van der Waals surface area contributed by atoms with Crippen molar-refractivity contribution in [3.05, 3.63) is 63.3 Å². The second-order valence-electron chi connectivity index (χ2n) is 6.17. The van der Waals surface area contributed by atoms with Crippen LogP contribution in [0.5, 0.6) is 0 Å². The number of unbranched alkanes of at least 4 members (excludes halogenated alkanes) is 1. The van der Waals surface area contributed by atoms with Gasteiger partial charge in [0.15, 0.2) is 11.3 Å². The van der Waals surface area contributed by atoms with E-state index in [0.717, 1.165) is 39.3 Å². The van der Waals surface area contributed by atoms with Crippen LogP contribution >= 0.6 is 27.7 Å². The fourth-order valence-electron chi connectivity index (χ4n) is 2.95. The van der Waals surface area contributed by atoms with E-state index in [9.17, 15) is 4.79 Å². The minimum Gasteiger partial charge on any atom is -0.298 e. The van der Waals surface area contributed by atoms with Crippen LogP contribution in [0.15, 0.2) is 57.2 Å². The van der Waals surface area contributed by atoms with Gasteiger partial charge in [-0.25, -0.2) is 5.01 Å². The van der Waals surface area contributed by atoms with Gasteiger partial charge >= 0.3 is 0 Å². The molecule has 0 bridgehead atoms. The van der Waals surface area contributed by atoms with E-state index >= 15 is 0 Å². The lowest BCUT2D eigenvalue weighted by Gasteiger charge is -2.33. The minimum atomic E-state index is -0.470. The SMILES string of the molecule is CCCCSC1=NN2C(=c3cc(Br)ccc3=N[C@@H]2c2ccccn2)C(=O)N1. The van der Waals surface area contributed by atoms with E-state index in [1.54, 1.807) is 23.0 Å². The maximum absolute atomic E-state index is 13.0. The van der Waals surface area contributed by atoms with E-state index in [-0.39, 0.29) is 5.91 Å². The molecule has 2 aliphatic heterocycles. The summed E-state index contributed by atoms with van der Waals surface area (Å²) in [5, 5.41) is 11.5. The van der Waals surface area contributed by atoms with Gasteiger partial charge in [0.25, 0.3) is 5.91 Å². The zero-order valence-corrected chi connectivity index (χ0v) is 17.1. The number of nitrogens with one attached hydrogen (secondary N) is 1. The van der Waals surface area contributed by atoms with Gasteiger partial charge in [-0.2, -0.15) is 0 Å². The van der Waals surface area contributed by atoms with Crippen molar-refractivity contribution in [3.63, 3.8) is 0 Å². The van der Waals surface area contributed by atoms with Crippen LogP contribution < -0.4 is 15.9 Å². The molecule has 0 fully saturated rings. The molecule has 3 heterocycles. The average Bonchev–Trinajstić information content (AvgIpc) is 2.68. The van der Waals surface area contributed by atoms with Gasteiger partial charge in [0.05, 0.1) is 11.1 Å². The summed E-state index contributed by atoms with van der Waals surface area (Å²) in [6.45, 7) is 2.14. The van der Waals surface area contributed by atoms with E-state index in [0.29, 0.717) is 10.9 Å². The summed E-state index contributed by atoms with van der Waals surface area (Å²) >= 11 is 5.04. The first-order valence-corrected chi connectivity index (χ1v) is 10.6. The quantitative estimate of drug-likeness (QED) is 0.736. The molecule has 0 saturated heterocycles. The van der Waals surface area contributed by atoms with Gasteiger partial charge in [0, 0.05) is 21.6 Å². The molecule has 1 aromatic carbocycles. The highest BCUT2D eigenvalue weighted by Gasteiger charge is 2.34. The van der Waals surface area contributed by atoms with Crippen LogP contribution in [0, 0.1) is 0 Å². The van der Waals surface area contributed by atoms with Crippen LogP contribution in [0.3, 0.4) is 0 Å². The maximum atomic E-state index is 13.0. The normalized spacial score (nSPS) is 18.2. The molecule has 1 N–H and O–H groups in total. The minimum absolute atomic E-state index is 0.167. The monoisotopic (exact) mass is 443 g/mol. The van der Waals surface area contributed by atoms with Crippen molar-refractivity contribution >= 4 is 44.5 Å². The summed E-state index contributed by atoms with van der Waals surface area (Å²) < 4.78 is 0.889. The maximum Gasteiger partial charge on any atom is 0.276 e. The number of thioether (sulfide) groups is 1. The fraction of sp³-hybridized carbons (Fsp3) is 0.263. The van der Waals surface area contributed by atoms with Crippen LogP contribution in [0.25, 0.3) is 5.70 Å². The van der Waals surface area contributed by atoms with Gasteiger partial charge in [-0.1, -0.05) is 47.1 Å². The van der Waals surface area contributed by atoms with E-state index in [4.69, 9.17) is 10.1 Å². The summed E-state index contributed by atoms with van der Waals surface area (Å²) in [4.78, 5) is 22.2. The summed E-state index contributed by atoms with van der Waals surface area (Å²) in [6, 6.07) is 11.4. The number of benzene rings is 1. The van der Waals surface area contributed by atoms with Crippen molar-refractivity contribution in [3.8, 4) is 0 Å². The van der Waals surface area contributed by atoms with Crippen LogP contribution in [0.2, 0.25) is 0 Å². The number of nitrogens with zero attached hydrogens (tertiary/aromatic N) is 4. The van der Waals surface area contributed by atoms with Crippen LogP contribution in [-0.4, -0.2) is 26.8 Å². The Morgan fingerprint density at radius 2 is 2.19 bits per heavy atom. The molecule has 0 aliphatic carbocycles. The number of halogens is 1. The molecule has 27 heavy (non-hydrogen) atoms. The molecule has 8 heteroatoms. The smallest absolute Gasteiger partial charge is 0.276 e. The zero-order valence-electron chi connectivity index (χ0n) is 14.7. The Kier molecular flexibility index (Phi) is 5.27. The fourth-order valence-corrected chi connectivity index (χ4v) is 4.25. The number of carbonyl (C=O) groups excluding carboxylic acids is 1. The van der Waals surface area contributed by atoms with Crippen molar-refractivity contribution in [2.45, 2.75) is 25.9 Å². The number of hydrogen-bond acceptors (Lipinski definition) is 6. The molecule has 2 aliphatic rings. The highest BCUT2D eigenvalue weighted by Crippen LogP contribution is 2.29. The van der Waals surface area contributed by atoms with Crippen LogP contribution in [0.1, 0.15) is 31.6 Å². The molecule has 4 rings (SSSR count).